The van der Waals surface area contributed by atoms with Crippen molar-refractivity contribution >= 4 is 16.9 Å². The summed E-state index contributed by atoms with van der Waals surface area (Å²) < 4.78 is 0. The van der Waals surface area contributed by atoms with Crippen LogP contribution in [-0.4, -0.2) is 44.9 Å². The second kappa shape index (κ2) is 7.25. The number of nitrogens with one attached hydrogen (secondary N) is 1. The maximum atomic E-state index is 12.8. The van der Waals surface area contributed by atoms with Gasteiger partial charge in [0, 0.05) is 37.3 Å². The Morgan fingerprint density at radius 3 is 2.92 bits per heavy atom. The molecule has 0 aliphatic carbocycles. The van der Waals surface area contributed by atoms with E-state index in [2.05, 4.69) is 9.97 Å². The fourth-order valence-electron chi connectivity index (χ4n) is 3.63. The first-order valence-electron chi connectivity index (χ1n) is 9.09. The van der Waals surface area contributed by atoms with Gasteiger partial charge in [-0.15, -0.1) is 0 Å². The van der Waals surface area contributed by atoms with E-state index in [1.165, 1.54) is 0 Å². The number of aromatic nitrogens is 3. The van der Waals surface area contributed by atoms with Gasteiger partial charge in [0.25, 0.3) is 0 Å². The Morgan fingerprint density at radius 2 is 2.12 bits per heavy atom. The number of nitrogens with zero attached hydrogens (tertiary/aromatic N) is 3. The van der Waals surface area contributed by atoms with E-state index >= 15 is 0 Å². The van der Waals surface area contributed by atoms with Crippen LogP contribution in [0.2, 0.25) is 0 Å². The van der Waals surface area contributed by atoms with E-state index in [-0.39, 0.29) is 11.8 Å². The topological polar surface area (TPSA) is 87.9 Å². The summed E-state index contributed by atoms with van der Waals surface area (Å²) in [5, 5.41) is 0. The van der Waals surface area contributed by atoms with Crippen molar-refractivity contribution in [2.75, 3.05) is 13.1 Å². The molecule has 3 aromatic rings. The van der Waals surface area contributed by atoms with Crippen LogP contribution in [0.1, 0.15) is 30.3 Å². The Balaban J connectivity index is 1.44. The number of imidazole rings is 1. The number of amides is 1. The van der Waals surface area contributed by atoms with Crippen molar-refractivity contribution in [3.8, 4) is 0 Å². The predicted octanol–water partition coefficient (Wildman–Crippen LogP) is 2.23. The average Bonchev–Trinajstić information content (AvgIpc) is 3.12. The SMILES string of the molecule is N[C@@H](Cc1ccccn1)C(=O)N1CCCC(c2nc3ccccc3[nH]2)C1. The zero-order valence-electron chi connectivity index (χ0n) is 14.6. The van der Waals surface area contributed by atoms with Crippen molar-refractivity contribution in [2.45, 2.75) is 31.2 Å². The molecular weight excluding hydrogens is 326 g/mol. The number of benzene rings is 1. The number of rotatable bonds is 4. The third-order valence-electron chi connectivity index (χ3n) is 5.00. The Labute approximate surface area is 152 Å². The van der Waals surface area contributed by atoms with E-state index in [4.69, 9.17) is 10.7 Å². The van der Waals surface area contributed by atoms with Gasteiger partial charge in [-0.3, -0.25) is 9.78 Å². The van der Waals surface area contributed by atoms with Crippen LogP contribution in [0.15, 0.2) is 48.7 Å². The molecular formula is C20H23N5O. The molecule has 1 aliphatic rings. The molecule has 134 valence electrons. The molecule has 1 unspecified atom stereocenters. The van der Waals surface area contributed by atoms with E-state index < -0.39 is 6.04 Å². The minimum Gasteiger partial charge on any atom is -0.342 e. The molecule has 26 heavy (non-hydrogen) atoms. The highest BCUT2D eigenvalue weighted by Gasteiger charge is 2.29. The first kappa shape index (κ1) is 16.7. The van der Waals surface area contributed by atoms with Gasteiger partial charge in [-0.05, 0) is 37.1 Å². The summed E-state index contributed by atoms with van der Waals surface area (Å²) in [5.41, 5.74) is 9.03. The fourth-order valence-corrected chi connectivity index (χ4v) is 3.63. The van der Waals surface area contributed by atoms with Gasteiger partial charge >= 0.3 is 0 Å². The summed E-state index contributed by atoms with van der Waals surface area (Å²) >= 11 is 0. The van der Waals surface area contributed by atoms with Gasteiger partial charge < -0.3 is 15.6 Å². The van der Waals surface area contributed by atoms with Crippen LogP contribution in [0.5, 0.6) is 0 Å². The number of hydrogen-bond acceptors (Lipinski definition) is 4. The third kappa shape index (κ3) is 3.46. The molecule has 1 saturated heterocycles. The number of fused-ring (bicyclic) bond motifs is 1. The fraction of sp³-hybridized carbons (Fsp3) is 0.350. The molecule has 2 aromatic heterocycles. The zero-order chi connectivity index (χ0) is 17.9. The Morgan fingerprint density at radius 1 is 1.27 bits per heavy atom. The lowest BCUT2D eigenvalue weighted by Crippen LogP contribution is -2.48. The quantitative estimate of drug-likeness (QED) is 0.756. The normalized spacial score (nSPS) is 18.8. The van der Waals surface area contributed by atoms with Crippen LogP contribution >= 0.6 is 0 Å². The molecule has 0 bridgehead atoms. The van der Waals surface area contributed by atoms with E-state index in [1.807, 2.05) is 47.4 Å². The van der Waals surface area contributed by atoms with Crippen LogP contribution in [0, 0.1) is 0 Å². The molecule has 0 radical (unpaired) electrons. The molecule has 6 nitrogen and oxygen atoms in total. The lowest BCUT2D eigenvalue weighted by Gasteiger charge is -2.33. The summed E-state index contributed by atoms with van der Waals surface area (Å²) in [7, 11) is 0. The maximum Gasteiger partial charge on any atom is 0.239 e. The lowest BCUT2D eigenvalue weighted by atomic mass is 9.96. The summed E-state index contributed by atoms with van der Waals surface area (Å²) in [6, 6.07) is 13.1. The molecule has 1 aromatic carbocycles. The van der Waals surface area contributed by atoms with Gasteiger partial charge in [-0.25, -0.2) is 4.98 Å². The van der Waals surface area contributed by atoms with E-state index in [9.17, 15) is 4.79 Å². The van der Waals surface area contributed by atoms with Crippen molar-refractivity contribution in [1.82, 2.24) is 19.9 Å². The van der Waals surface area contributed by atoms with Crippen LogP contribution in [-0.2, 0) is 11.2 Å². The number of carbonyl (C=O) groups excluding carboxylic acids is 1. The predicted molar refractivity (Wildman–Crippen MR) is 101 cm³/mol. The molecule has 0 spiro atoms. The number of carbonyl (C=O) groups is 1. The number of pyridine rings is 1. The van der Waals surface area contributed by atoms with E-state index in [0.717, 1.165) is 41.9 Å². The maximum absolute atomic E-state index is 12.8. The summed E-state index contributed by atoms with van der Waals surface area (Å²) in [6.45, 7) is 1.42. The number of piperidine rings is 1. The van der Waals surface area contributed by atoms with Crippen molar-refractivity contribution in [1.29, 1.82) is 0 Å². The van der Waals surface area contributed by atoms with Gasteiger partial charge in [0.1, 0.15) is 5.82 Å². The van der Waals surface area contributed by atoms with Gasteiger partial charge in [-0.2, -0.15) is 0 Å². The molecule has 3 heterocycles. The number of H-pyrrole nitrogens is 1. The second-order valence-corrected chi connectivity index (χ2v) is 6.89. The standard InChI is InChI=1S/C20H23N5O/c21-16(12-15-7-3-4-10-22-15)20(26)25-11-5-6-14(13-25)19-23-17-8-1-2-9-18(17)24-19/h1-4,7-10,14,16H,5-6,11-13,21H2,(H,23,24)/t14?,16-/m0/s1. The summed E-state index contributed by atoms with van der Waals surface area (Å²) in [6.07, 6.45) is 4.18. The smallest absolute Gasteiger partial charge is 0.239 e. The van der Waals surface area contributed by atoms with Crippen molar-refractivity contribution in [3.63, 3.8) is 0 Å². The van der Waals surface area contributed by atoms with Crippen molar-refractivity contribution in [3.05, 3.63) is 60.2 Å². The molecule has 1 amide bonds. The summed E-state index contributed by atoms with van der Waals surface area (Å²) in [5.74, 6) is 1.18. The Hall–Kier alpha value is -2.73. The minimum atomic E-state index is -0.556. The van der Waals surface area contributed by atoms with Crippen LogP contribution in [0.25, 0.3) is 11.0 Å². The molecule has 3 N–H and O–H groups in total. The highest BCUT2D eigenvalue weighted by molar-refractivity contribution is 5.82. The van der Waals surface area contributed by atoms with E-state index in [0.29, 0.717) is 13.0 Å². The molecule has 6 heteroatoms. The minimum absolute atomic E-state index is 0.00327. The second-order valence-electron chi connectivity index (χ2n) is 6.89. The lowest BCUT2D eigenvalue weighted by molar-refractivity contribution is -0.133. The van der Waals surface area contributed by atoms with Crippen molar-refractivity contribution in [2.24, 2.45) is 5.73 Å². The first-order chi connectivity index (χ1) is 12.7. The van der Waals surface area contributed by atoms with Gasteiger partial charge in [-0.1, -0.05) is 18.2 Å². The van der Waals surface area contributed by atoms with E-state index in [1.54, 1.807) is 6.20 Å². The van der Waals surface area contributed by atoms with Gasteiger partial charge in [0.05, 0.1) is 17.1 Å². The molecule has 4 rings (SSSR count). The molecule has 1 aliphatic heterocycles. The van der Waals surface area contributed by atoms with Crippen LogP contribution in [0.4, 0.5) is 0 Å². The van der Waals surface area contributed by atoms with Crippen LogP contribution in [0.3, 0.4) is 0 Å². The van der Waals surface area contributed by atoms with Gasteiger partial charge in [0.15, 0.2) is 0 Å². The summed E-state index contributed by atoms with van der Waals surface area (Å²) in [4.78, 5) is 27.1. The highest BCUT2D eigenvalue weighted by atomic mass is 16.2. The number of aromatic amines is 1. The monoisotopic (exact) mass is 349 g/mol. The third-order valence-corrected chi connectivity index (χ3v) is 5.00. The average molecular weight is 349 g/mol. The Bertz CT molecular complexity index is 858. The Kier molecular flexibility index (Phi) is 4.67. The first-order valence-corrected chi connectivity index (χ1v) is 9.09. The van der Waals surface area contributed by atoms with Gasteiger partial charge in [0.2, 0.25) is 5.91 Å². The number of para-hydroxylation sites is 2. The molecule has 0 saturated carbocycles. The molecule has 2 atom stereocenters. The highest BCUT2D eigenvalue weighted by Crippen LogP contribution is 2.27. The van der Waals surface area contributed by atoms with Crippen LogP contribution < -0.4 is 5.73 Å². The number of nitrogens with two attached hydrogens (primary N) is 1. The largest absolute Gasteiger partial charge is 0.342 e. The number of likely N-dealkylation sites (tertiary alicyclic amines) is 1. The zero-order valence-corrected chi connectivity index (χ0v) is 14.6. The molecule has 1 fully saturated rings. The number of hydrogen-bond donors (Lipinski definition) is 2. The van der Waals surface area contributed by atoms with Crippen molar-refractivity contribution < 1.29 is 4.79 Å².